The fourth-order valence-electron chi connectivity index (χ4n) is 5.74. The van der Waals surface area contributed by atoms with E-state index in [1.54, 1.807) is 22.8 Å². The standard InChI is InChI=1S/C35H40N6O8/c1-5-40(6-2)24-10-7-22-13-23(34(45)49-27(22)14-24)17-47-33-31-32(41(19-36-31)30-15-26(43)28(16-42)48-30)38-35(39-33)37-29(44)18-46-25-11-8-21(9-12-25)20(3)4/h7-14,19-20,26,28,30,42-43H,5-6,15-18H2,1-4H3,(H,37,38,39,44)/t26-,28+,30+/m0/s1. The number of fused-ring (bicyclic) bond motifs is 2. The Labute approximate surface area is 282 Å². The molecule has 3 aromatic heterocycles. The number of hydrogen-bond donors (Lipinski definition) is 3. The largest absolute Gasteiger partial charge is 0.484 e. The number of imidazole rings is 1. The summed E-state index contributed by atoms with van der Waals surface area (Å²) in [7, 11) is 0. The van der Waals surface area contributed by atoms with Crippen LogP contribution >= 0.6 is 0 Å². The molecule has 3 atom stereocenters. The van der Waals surface area contributed by atoms with E-state index in [0.29, 0.717) is 17.3 Å². The second-order valence-corrected chi connectivity index (χ2v) is 12.1. The van der Waals surface area contributed by atoms with Gasteiger partial charge in [0, 0.05) is 36.7 Å². The highest BCUT2D eigenvalue weighted by Crippen LogP contribution is 2.33. The van der Waals surface area contributed by atoms with Crippen molar-refractivity contribution in [2.75, 3.05) is 36.5 Å². The van der Waals surface area contributed by atoms with Crippen LogP contribution in [0.4, 0.5) is 11.6 Å². The van der Waals surface area contributed by atoms with E-state index in [2.05, 4.69) is 52.9 Å². The number of hydrogen-bond acceptors (Lipinski definition) is 12. The molecule has 6 rings (SSSR count). The van der Waals surface area contributed by atoms with Gasteiger partial charge in [-0.25, -0.2) is 9.78 Å². The van der Waals surface area contributed by atoms with Crippen molar-refractivity contribution in [1.29, 1.82) is 0 Å². The van der Waals surface area contributed by atoms with Crippen LogP contribution < -0.4 is 25.3 Å². The lowest BCUT2D eigenvalue weighted by Crippen LogP contribution is -2.24. The van der Waals surface area contributed by atoms with Gasteiger partial charge in [0.1, 0.15) is 30.3 Å². The first-order valence-electron chi connectivity index (χ1n) is 16.3. The van der Waals surface area contributed by atoms with Gasteiger partial charge in [-0.15, -0.1) is 0 Å². The summed E-state index contributed by atoms with van der Waals surface area (Å²) in [4.78, 5) is 41.5. The van der Waals surface area contributed by atoms with Gasteiger partial charge >= 0.3 is 5.63 Å². The zero-order valence-corrected chi connectivity index (χ0v) is 27.8. The number of rotatable bonds is 13. The minimum Gasteiger partial charge on any atom is -0.484 e. The molecule has 14 heteroatoms. The number of benzene rings is 2. The summed E-state index contributed by atoms with van der Waals surface area (Å²) in [6, 6.07) is 14.9. The number of aliphatic hydroxyl groups excluding tert-OH is 2. The first kappa shape index (κ1) is 33.8. The van der Waals surface area contributed by atoms with E-state index in [9.17, 15) is 19.8 Å². The minimum atomic E-state index is -0.897. The van der Waals surface area contributed by atoms with Crippen LogP contribution in [-0.4, -0.2) is 74.2 Å². The lowest BCUT2D eigenvalue weighted by Gasteiger charge is -2.21. The number of carbonyl (C=O) groups excluding carboxylic acids is 1. The topological polar surface area (TPSA) is 174 Å². The second kappa shape index (κ2) is 14.6. The Morgan fingerprint density at radius 3 is 2.57 bits per heavy atom. The molecule has 5 aromatic rings. The van der Waals surface area contributed by atoms with Crippen LogP contribution in [0.25, 0.3) is 22.1 Å². The zero-order valence-electron chi connectivity index (χ0n) is 27.8. The van der Waals surface area contributed by atoms with E-state index in [1.807, 2.05) is 30.3 Å². The van der Waals surface area contributed by atoms with E-state index >= 15 is 0 Å². The summed E-state index contributed by atoms with van der Waals surface area (Å²) in [6.45, 7) is 9.07. The third kappa shape index (κ3) is 7.36. The molecule has 49 heavy (non-hydrogen) atoms. The van der Waals surface area contributed by atoms with Crippen LogP contribution in [0.15, 0.2) is 64.1 Å². The molecular formula is C35H40N6O8. The average molecular weight is 673 g/mol. The summed E-state index contributed by atoms with van der Waals surface area (Å²) in [5, 5.41) is 23.3. The summed E-state index contributed by atoms with van der Waals surface area (Å²) in [6.07, 6.45) is -0.742. The van der Waals surface area contributed by atoms with Gasteiger partial charge in [-0.05, 0) is 55.7 Å². The van der Waals surface area contributed by atoms with E-state index in [1.165, 1.54) is 6.33 Å². The van der Waals surface area contributed by atoms with Crippen molar-refractivity contribution in [3.63, 3.8) is 0 Å². The van der Waals surface area contributed by atoms with Gasteiger partial charge in [0.15, 0.2) is 17.8 Å². The van der Waals surface area contributed by atoms with E-state index in [-0.39, 0.29) is 54.8 Å². The van der Waals surface area contributed by atoms with Crippen LogP contribution in [0.5, 0.6) is 11.6 Å². The molecule has 0 spiro atoms. The van der Waals surface area contributed by atoms with Crippen LogP contribution in [-0.2, 0) is 16.1 Å². The van der Waals surface area contributed by atoms with Gasteiger partial charge in [0.05, 0.1) is 24.6 Å². The molecule has 0 aliphatic carbocycles. The van der Waals surface area contributed by atoms with Crippen LogP contribution in [0.3, 0.4) is 0 Å². The number of ether oxygens (including phenoxy) is 3. The molecule has 1 aliphatic heterocycles. The molecule has 0 unspecified atom stereocenters. The number of aromatic nitrogens is 4. The van der Waals surface area contributed by atoms with Crippen LogP contribution in [0.1, 0.15) is 57.4 Å². The lowest BCUT2D eigenvalue weighted by molar-refractivity contribution is -0.118. The first-order chi connectivity index (χ1) is 23.7. The molecule has 0 radical (unpaired) electrons. The third-order valence-corrected chi connectivity index (χ3v) is 8.54. The Hall–Kier alpha value is -5.05. The first-order valence-corrected chi connectivity index (χ1v) is 16.3. The van der Waals surface area contributed by atoms with Crippen LogP contribution in [0, 0.1) is 0 Å². The molecule has 3 N–H and O–H groups in total. The Morgan fingerprint density at radius 2 is 1.88 bits per heavy atom. The maximum atomic E-state index is 13.0. The highest BCUT2D eigenvalue weighted by molar-refractivity contribution is 5.91. The number of carbonyl (C=O) groups is 1. The number of amides is 1. The quantitative estimate of drug-likeness (QED) is 0.153. The molecule has 0 saturated carbocycles. The molecule has 1 amide bonds. The van der Waals surface area contributed by atoms with E-state index < -0.39 is 30.0 Å². The fourth-order valence-corrected chi connectivity index (χ4v) is 5.74. The van der Waals surface area contributed by atoms with Gasteiger partial charge in [0.2, 0.25) is 11.8 Å². The maximum absolute atomic E-state index is 13.0. The van der Waals surface area contributed by atoms with Crippen molar-refractivity contribution in [3.05, 3.63) is 76.4 Å². The molecule has 1 aliphatic rings. The minimum absolute atomic E-state index is 0.00197. The molecule has 1 fully saturated rings. The van der Waals surface area contributed by atoms with Gasteiger partial charge in [-0.2, -0.15) is 9.97 Å². The van der Waals surface area contributed by atoms with Crippen molar-refractivity contribution in [2.45, 2.75) is 65.1 Å². The molecule has 1 saturated heterocycles. The van der Waals surface area contributed by atoms with Crippen molar-refractivity contribution < 1.29 is 33.6 Å². The number of anilines is 2. The molecule has 258 valence electrons. The molecule has 2 aromatic carbocycles. The molecule has 0 bridgehead atoms. The van der Waals surface area contributed by atoms with Crippen molar-refractivity contribution >= 4 is 39.7 Å². The monoisotopic (exact) mass is 672 g/mol. The smallest absolute Gasteiger partial charge is 0.342 e. The Kier molecular flexibility index (Phi) is 10.1. The third-order valence-electron chi connectivity index (χ3n) is 8.54. The molecular weight excluding hydrogens is 632 g/mol. The predicted molar refractivity (Wildman–Crippen MR) is 182 cm³/mol. The maximum Gasteiger partial charge on any atom is 0.342 e. The SMILES string of the molecule is CCN(CC)c1ccc2cc(COc3nc(NC(=O)COc4ccc(C(C)C)cc4)nc4c3ncn4[C@H]3C[C@H](O)[C@@H](CO)O3)c(=O)oc2c1. The van der Waals surface area contributed by atoms with Crippen molar-refractivity contribution in [2.24, 2.45) is 0 Å². The average Bonchev–Trinajstić information content (AvgIpc) is 3.69. The summed E-state index contributed by atoms with van der Waals surface area (Å²) in [5.74, 6) is 0.282. The van der Waals surface area contributed by atoms with Gasteiger partial charge in [-0.3, -0.25) is 14.7 Å². The van der Waals surface area contributed by atoms with Crippen molar-refractivity contribution in [3.8, 4) is 11.6 Å². The Balaban J connectivity index is 1.26. The lowest BCUT2D eigenvalue weighted by atomic mass is 10.0. The van der Waals surface area contributed by atoms with Crippen LogP contribution in [0.2, 0.25) is 0 Å². The zero-order chi connectivity index (χ0) is 34.7. The second-order valence-electron chi connectivity index (χ2n) is 12.1. The van der Waals surface area contributed by atoms with Crippen molar-refractivity contribution in [1.82, 2.24) is 19.5 Å². The summed E-state index contributed by atoms with van der Waals surface area (Å²) >= 11 is 0. The molecule has 14 nitrogen and oxygen atoms in total. The summed E-state index contributed by atoms with van der Waals surface area (Å²) in [5.41, 5.74) is 2.74. The predicted octanol–water partition coefficient (Wildman–Crippen LogP) is 4.14. The van der Waals surface area contributed by atoms with E-state index in [0.717, 1.165) is 29.7 Å². The highest BCUT2D eigenvalue weighted by Gasteiger charge is 2.35. The van der Waals surface area contributed by atoms with E-state index in [4.69, 9.17) is 18.6 Å². The van der Waals surface area contributed by atoms with Gasteiger partial charge < -0.3 is 33.7 Å². The number of nitrogens with zero attached hydrogens (tertiary/aromatic N) is 5. The Morgan fingerprint density at radius 1 is 1.10 bits per heavy atom. The highest BCUT2D eigenvalue weighted by atomic mass is 16.5. The number of nitrogens with one attached hydrogen (secondary N) is 1. The van der Waals surface area contributed by atoms with Gasteiger partial charge in [0.25, 0.3) is 5.91 Å². The fraction of sp³-hybridized carbons (Fsp3) is 0.400. The van der Waals surface area contributed by atoms with Gasteiger partial charge in [-0.1, -0.05) is 26.0 Å². The number of aliphatic hydroxyl groups is 2. The molecule has 4 heterocycles. The normalized spacial score (nSPS) is 17.6. The Bertz CT molecular complexity index is 1990. The summed E-state index contributed by atoms with van der Waals surface area (Å²) < 4.78 is 24.8.